The van der Waals surface area contributed by atoms with Crippen LogP contribution >= 0.6 is 24.8 Å². The molecule has 1 unspecified atom stereocenters. The van der Waals surface area contributed by atoms with Gasteiger partial charge in [0.25, 0.3) is 0 Å². The molecule has 6 nitrogen and oxygen atoms in total. The Bertz CT molecular complexity index is 726. The first-order chi connectivity index (χ1) is 11.8. The van der Waals surface area contributed by atoms with Crippen molar-refractivity contribution in [2.45, 2.75) is 38.6 Å². The van der Waals surface area contributed by atoms with Gasteiger partial charge in [-0.2, -0.15) is 0 Å². The Morgan fingerprint density at radius 3 is 2.65 bits per heavy atom. The number of halogens is 2. The van der Waals surface area contributed by atoms with E-state index >= 15 is 0 Å². The zero-order chi connectivity index (χ0) is 16.4. The van der Waals surface area contributed by atoms with Crippen molar-refractivity contribution in [1.29, 1.82) is 0 Å². The highest BCUT2D eigenvalue weighted by molar-refractivity contribution is 5.93. The maximum Gasteiger partial charge on any atom is 0.228 e. The molecule has 0 aliphatic carbocycles. The number of amides is 1. The summed E-state index contributed by atoms with van der Waals surface area (Å²) in [7, 11) is 0. The van der Waals surface area contributed by atoms with Gasteiger partial charge in [0.05, 0.1) is 5.92 Å². The molecule has 1 saturated heterocycles. The summed E-state index contributed by atoms with van der Waals surface area (Å²) in [6.45, 7) is 2.78. The van der Waals surface area contributed by atoms with E-state index in [1.54, 1.807) is 0 Å². The van der Waals surface area contributed by atoms with E-state index in [1.807, 2.05) is 24.3 Å². The molecule has 0 spiro atoms. The molecule has 0 saturated carbocycles. The molecule has 1 amide bonds. The molecule has 2 aliphatic heterocycles. The molecule has 2 aromatic rings. The summed E-state index contributed by atoms with van der Waals surface area (Å²) in [6.07, 6.45) is 5.41. The van der Waals surface area contributed by atoms with Crippen LogP contribution < -0.4 is 10.6 Å². The zero-order valence-electron chi connectivity index (χ0n) is 14.6. The van der Waals surface area contributed by atoms with Gasteiger partial charge in [-0.1, -0.05) is 0 Å². The van der Waals surface area contributed by atoms with E-state index in [0.29, 0.717) is 0 Å². The number of carbonyl (C=O) groups excluding carboxylic acids is 1. The number of aryl methyl sites for hydroxylation is 1. The third-order valence-corrected chi connectivity index (χ3v) is 4.94. The van der Waals surface area contributed by atoms with Gasteiger partial charge in [-0.15, -0.1) is 35.0 Å². The van der Waals surface area contributed by atoms with E-state index in [0.717, 1.165) is 61.8 Å². The predicted octanol–water partition coefficient (Wildman–Crippen LogP) is 3.06. The molecule has 0 bridgehead atoms. The SMILES string of the molecule is Cl.Cl.O=C(Nc1ccc(-c2nnc3n2CCCC3)cc1)C1CCCNC1. The lowest BCUT2D eigenvalue weighted by Gasteiger charge is -2.21. The number of nitrogens with one attached hydrogen (secondary N) is 2. The highest BCUT2D eigenvalue weighted by Gasteiger charge is 2.21. The first-order valence-corrected chi connectivity index (χ1v) is 8.85. The molecule has 2 N–H and O–H groups in total. The van der Waals surface area contributed by atoms with Gasteiger partial charge in [-0.25, -0.2) is 0 Å². The number of hydrogen-bond donors (Lipinski definition) is 2. The Kier molecular flexibility index (Phi) is 7.43. The zero-order valence-corrected chi connectivity index (χ0v) is 16.2. The van der Waals surface area contributed by atoms with Gasteiger partial charge >= 0.3 is 0 Å². The maximum atomic E-state index is 12.3. The Labute approximate surface area is 166 Å². The fraction of sp³-hybridized carbons (Fsp3) is 0.500. The quantitative estimate of drug-likeness (QED) is 0.834. The Balaban J connectivity index is 0.00000121. The summed E-state index contributed by atoms with van der Waals surface area (Å²) in [5.41, 5.74) is 1.89. The third kappa shape index (κ3) is 4.37. The van der Waals surface area contributed by atoms with Crippen LogP contribution in [0.5, 0.6) is 0 Å². The minimum absolute atomic E-state index is 0. The number of hydrogen-bond acceptors (Lipinski definition) is 4. The van der Waals surface area contributed by atoms with Gasteiger partial charge in [0, 0.05) is 30.8 Å². The summed E-state index contributed by atoms with van der Waals surface area (Å²) in [6, 6.07) is 7.93. The van der Waals surface area contributed by atoms with E-state index in [2.05, 4.69) is 25.4 Å². The van der Waals surface area contributed by atoms with Crippen molar-refractivity contribution >= 4 is 36.4 Å². The van der Waals surface area contributed by atoms with Crippen molar-refractivity contribution in [2.75, 3.05) is 18.4 Å². The highest BCUT2D eigenvalue weighted by atomic mass is 35.5. The number of anilines is 1. The smallest absolute Gasteiger partial charge is 0.228 e. The number of aromatic nitrogens is 3. The summed E-state index contributed by atoms with van der Waals surface area (Å²) in [5.74, 6) is 2.19. The molecule has 2 aliphatic rings. The summed E-state index contributed by atoms with van der Waals surface area (Å²) >= 11 is 0. The molecule has 8 heteroatoms. The number of rotatable bonds is 3. The molecule has 0 radical (unpaired) electrons. The van der Waals surface area contributed by atoms with Gasteiger partial charge in [0.2, 0.25) is 5.91 Å². The van der Waals surface area contributed by atoms with Crippen molar-refractivity contribution in [2.24, 2.45) is 5.92 Å². The first-order valence-electron chi connectivity index (χ1n) is 8.85. The number of fused-ring (bicyclic) bond motifs is 1. The monoisotopic (exact) mass is 397 g/mol. The van der Waals surface area contributed by atoms with Crippen molar-refractivity contribution < 1.29 is 4.79 Å². The molecule has 1 fully saturated rings. The van der Waals surface area contributed by atoms with E-state index in [1.165, 1.54) is 12.8 Å². The van der Waals surface area contributed by atoms with Crippen LogP contribution in [0.1, 0.15) is 31.5 Å². The second-order valence-corrected chi connectivity index (χ2v) is 6.66. The second-order valence-electron chi connectivity index (χ2n) is 6.66. The normalized spacial score (nSPS) is 18.8. The van der Waals surface area contributed by atoms with Crippen molar-refractivity contribution in [3.05, 3.63) is 30.1 Å². The van der Waals surface area contributed by atoms with Crippen LogP contribution in [0.15, 0.2) is 24.3 Å². The number of nitrogens with zero attached hydrogens (tertiary/aromatic N) is 3. The molecule has 26 heavy (non-hydrogen) atoms. The minimum atomic E-state index is 0. The molecule has 1 aromatic carbocycles. The number of benzene rings is 1. The Morgan fingerprint density at radius 2 is 1.92 bits per heavy atom. The average molecular weight is 398 g/mol. The largest absolute Gasteiger partial charge is 0.326 e. The third-order valence-electron chi connectivity index (χ3n) is 4.94. The van der Waals surface area contributed by atoms with Crippen LogP contribution in [-0.2, 0) is 17.8 Å². The summed E-state index contributed by atoms with van der Waals surface area (Å²) in [4.78, 5) is 12.3. The molecule has 1 aromatic heterocycles. The van der Waals surface area contributed by atoms with Gasteiger partial charge < -0.3 is 15.2 Å². The number of piperidine rings is 1. The van der Waals surface area contributed by atoms with Crippen LogP contribution in [0.2, 0.25) is 0 Å². The Hall–Kier alpha value is -1.63. The molecule has 4 rings (SSSR count). The lowest BCUT2D eigenvalue weighted by molar-refractivity contribution is -0.120. The topological polar surface area (TPSA) is 71.8 Å². The Morgan fingerprint density at radius 1 is 1.12 bits per heavy atom. The first kappa shape index (κ1) is 20.7. The average Bonchev–Trinajstić information content (AvgIpc) is 3.07. The van der Waals surface area contributed by atoms with E-state index in [-0.39, 0.29) is 36.6 Å². The lowest BCUT2D eigenvalue weighted by Crippen LogP contribution is -2.37. The van der Waals surface area contributed by atoms with Crippen LogP contribution in [-0.4, -0.2) is 33.8 Å². The van der Waals surface area contributed by atoms with Gasteiger partial charge in [0.15, 0.2) is 5.82 Å². The second kappa shape index (κ2) is 9.35. The van der Waals surface area contributed by atoms with Gasteiger partial charge in [-0.3, -0.25) is 4.79 Å². The van der Waals surface area contributed by atoms with E-state index in [4.69, 9.17) is 0 Å². The molecule has 142 valence electrons. The van der Waals surface area contributed by atoms with Crippen LogP contribution in [0.4, 0.5) is 5.69 Å². The molecule has 1 atom stereocenters. The predicted molar refractivity (Wildman–Crippen MR) is 107 cm³/mol. The molecular weight excluding hydrogens is 373 g/mol. The molecular formula is C18H25Cl2N5O. The summed E-state index contributed by atoms with van der Waals surface area (Å²) < 4.78 is 2.21. The van der Waals surface area contributed by atoms with Crippen molar-refractivity contribution in [3.8, 4) is 11.4 Å². The highest BCUT2D eigenvalue weighted by Crippen LogP contribution is 2.24. The summed E-state index contributed by atoms with van der Waals surface area (Å²) in [5, 5.41) is 15.0. The molecule has 3 heterocycles. The fourth-order valence-electron chi connectivity index (χ4n) is 3.54. The van der Waals surface area contributed by atoms with Crippen molar-refractivity contribution in [3.63, 3.8) is 0 Å². The standard InChI is InChI=1S/C18H23N5O.2ClH/c24-18(14-4-3-10-19-12-14)20-15-8-6-13(7-9-15)17-22-21-16-5-1-2-11-23(16)17;;/h6-9,14,19H,1-5,10-12H2,(H,20,24);2*1H. The van der Waals surface area contributed by atoms with Crippen LogP contribution in [0.3, 0.4) is 0 Å². The van der Waals surface area contributed by atoms with Crippen molar-refractivity contribution in [1.82, 2.24) is 20.1 Å². The van der Waals surface area contributed by atoms with E-state index in [9.17, 15) is 4.79 Å². The lowest BCUT2D eigenvalue weighted by atomic mass is 9.99. The van der Waals surface area contributed by atoms with Crippen LogP contribution in [0.25, 0.3) is 11.4 Å². The number of carbonyl (C=O) groups is 1. The maximum absolute atomic E-state index is 12.3. The van der Waals surface area contributed by atoms with E-state index < -0.39 is 0 Å². The van der Waals surface area contributed by atoms with Gasteiger partial charge in [0.1, 0.15) is 5.82 Å². The fourth-order valence-corrected chi connectivity index (χ4v) is 3.54. The van der Waals surface area contributed by atoms with Crippen LogP contribution in [0, 0.1) is 5.92 Å². The van der Waals surface area contributed by atoms with Gasteiger partial charge in [-0.05, 0) is 56.5 Å². The minimum Gasteiger partial charge on any atom is -0.326 e.